The van der Waals surface area contributed by atoms with Crippen molar-refractivity contribution in [1.29, 1.82) is 0 Å². The Hall–Kier alpha value is -2.81. The third kappa shape index (κ3) is 4.92. The highest BCUT2D eigenvalue weighted by molar-refractivity contribution is 9.10. The summed E-state index contributed by atoms with van der Waals surface area (Å²) in [5.74, 6) is -0.451. The average molecular weight is 455 g/mol. The van der Waals surface area contributed by atoms with Crippen molar-refractivity contribution in [2.75, 3.05) is 32.0 Å². The lowest BCUT2D eigenvalue weighted by atomic mass is 10.1. The van der Waals surface area contributed by atoms with Crippen molar-refractivity contribution in [3.8, 4) is 17.2 Å². The summed E-state index contributed by atoms with van der Waals surface area (Å²) in [6.07, 6.45) is 0. The first kappa shape index (κ1) is 21.5. The molecule has 0 saturated heterocycles. The van der Waals surface area contributed by atoms with Gasteiger partial charge in [0.25, 0.3) is 5.91 Å². The van der Waals surface area contributed by atoms with Crippen LogP contribution in [0.2, 0.25) is 0 Å². The molecule has 7 nitrogen and oxygen atoms in total. The van der Waals surface area contributed by atoms with Crippen LogP contribution in [-0.4, -0.2) is 38.0 Å². The van der Waals surface area contributed by atoms with Gasteiger partial charge < -0.3 is 24.8 Å². The quantitative estimate of drug-likeness (QED) is 0.620. The predicted molar refractivity (Wildman–Crippen MR) is 107 cm³/mol. The van der Waals surface area contributed by atoms with Gasteiger partial charge in [0.1, 0.15) is 5.82 Å². The first-order chi connectivity index (χ1) is 13.3. The second-order valence-corrected chi connectivity index (χ2v) is 7.04. The zero-order valence-corrected chi connectivity index (χ0v) is 17.3. The molecule has 1 atom stereocenters. The van der Waals surface area contributed by atoms with E-state index in [1.807, 2.05) is 0 Å². The predicted octanol–water partition coefficient (Wildman–Crippen LogP) is 3.83. The third-order valence-electron chi connectivity index (χ3n) is 3.77. The van der Waals surface area contributed by atoms with Crippen molar-refractivity contribution in [1.82, 2.24) is 0 Å². The van der Waals surface area contributed by atoms with Gasteiger partial charge in [-0.05, 0) is 25.1 Å². The van der Waals surface area contributed by atoms with Crippen LogP contribution in [0.3, 0.4) is 0 Å². The van der Waals surface area contributed by atoms with E-state index in [0.717, 1.165) is 6.07 Å². The molecule has 0 heterocycles. The van der Waals surface area contributed by atoms with Crippen LogP contribution in [0.4, 0.5) is 15.8 Å². The lowest BCUT2D eigenvalue weighted by Gasteiger charge is -2.15. The van der Waals surface area contributed by atoms with Crippen LogP contribution < -0.4 is 24.8 Å². The number of benzene rings is 2. The molecule has 2 aromatic rings. The number of carbonyl (C=O) groups excluding carboxylic acids is 2. The number of nitrogens with one attached hydrogen (secondary N) is 2. The zero-order valence-electron chi connectivity index (χ0n) is 15.8. The Morgan fingerprint density at radius 1 is 1.00 bits per heavy atom. The van der Waals surface area contributed by atoms with Crippen molar-refractivity contribution in [3.05, 3.63) is 41.7 Å². The molecule has 0 aliphatic heterocycles. The van der Waals surface area contributed by atoms with E-state index in [2.05, 4.69) is 26.6 Å². The molecule has 1 unspecified atom stereocenters. The summed E-state index contributed by atoms with van der Waals surface area (Å²) in [6.45, 7) is 1.61. The normalized spacial score (nSPS) is 11.4. The maximum absolute atomic E-state index is 14.0. The Labute approximate surface area is 170 Å². The van der Waals surface area contributed by atoms with Crippen LogP contribution in [0.5, 0.6) is 17.2 Å². The Morgan fingerprint density at radius 3 is 2.11 bits per heavy atom. The van der Waals surface area contributed by atoms with Gasteiger partial charge >= 0.3 is 0 Å². The smallest absolute Gasteiger partial charge is 0.255 e. The van der Waals surface area contributed by atoms with E-state index in [0.29, 0.717) is 22.9 Å². The van der Waals surface area contributed by atoms with Crippen LogP contribution in [0.15, 0.2) is 30.3 Å². The number of methoxy groups -OCH3 is 3. The average Bonchev–Trinajstić information content (AvgIpc) is 2.68. The first-order valence-corrected chi connectivity index (χ1v) is 9.08. The summed E-state index contributed by atoms with van der Waals surface area (Å²) < 4.78 is 29.7. The molecule has 0 bridgehead atoms. The SMILES string of the molecule is COc1cc(NC(=O)c2ccc(F)c(NC(=O)C(C)Br)c2)cc(OC)c1OC. The van der Waals surface area contributed by atoms with Crippen LogP contribution in [0.25, 0.3) is 0 Å². The molecule has 0 aromatic heterocycles. The van der Waals surface area contributed by atoms with Crippen molar-refractivity contribution >= 4 is 39.1 Å². The molecule has 28 heavy (non-hydrogen) atoms. The first-order valence-electron chi connectivity index (χ1n) is 8.16. The molecular formula is C19H20BrFN2O5. The Balaban J connectivity index is 2.29. The number of rotatable bonds is 7. The van der Waals surface area contributed by atoms with Crippen LogP contribution >= 0.6 is 15.9 Å². The fourth-order valence-electron chi connectivity index (χ4n) is 2.35. The summed E-state index contributed by atoms with van der Waals surface area (Å²) in [4.78, 5) is 23.8. The van der Waals surface area contributed by atoms with E-state index >= 15 is 0 Å². The van der Waals surface area contributed by atoms with E-state index in [1.54, 1.807) is 19.1 Å². The van der Waals surface area contributed by atoms with Gasteiger partial charge in [0.2, 0.25) is 11.7 Å². The number of halogens is 2. The number of hydrogen-bond acceptors (Lipinski definition) is 5. The standard InChI is InChI=1S/C19H20BrFN2O5/c1-10(20)18(24)23-14-7-11(5-6-13(14)21)19(25)22-12-8-15(26-2)17(28-4)16(9-12)27-3/h5-10H,1-4H3,(H,22,25)(H,23,24). The Kier molecular flexibility index (Phi) is 7.22. The zero-order chi connectivity index (χ0) is 20.8. The monoisotopic (exact) mass is 454 g/mol. The fraction of sp³-hybridized carbons (Fsp3) is 0.263. The Morgan fingerprint density at radius 2 is 1.61 bits per heavy atom. The second-order valence-electron chi connectivity index (χ2n) is 5.67. The van der Waals surface area contributed by atoms with Crippen molar-refractivity contribution in [2.24, 2.45) is 0 Å². The van der Waals surface area contributed by atoms with Gasteiger partial charge in [0, 0.05) is 23.4 Å². The third-order valence-corrected chi connectivity index (χ3v) is 4.19. The van der Waals surface area contributed by atoms with Gasteiger partial charge in [-0.3, -0.25) is 9.59 Å². The van der Waals surface area contributed by atoms with Crippen LogP contribution in [0.1, 0.15) is 17.3 Å². The van der Waals surface area contributed by atoms with Gasteiger partial charge in [-0.15, -0.1) is 0 Å². The maximum atomic E-state index is 14.0. The molecule has 2 aromatic carbocycles. The van der Waals surface area contributed by atoms with Gasteiger partial charge in [-0.25, -0.2) is 4.39 Å². The molecule has 0 aliphatic rings. The summed E-state index contributed by atoms with van der Waals surface area (Å²) in [6, 6.07) is 6.82. The molecule has 150 valence electrons. The van der Waals surface area contributed by atoms with Crippen molar-refractivity contribution in [2.45, 2.75) is 11.8 Å². The molecule has 0 radical (unpaired) electrons. The van der Waals surface area contributed by atoms with Crippen molar-refractivity contribution < 1.29 is 28.2 Å². The van der Waals surface area contributed by atoms with Gasteiger partial charge in [-0.1, -0.05) is 15.9 Å². The second kappa shape index (κ2) is 9.41. The van der Waals surface area contributed by atoms with Gasteiger partial charge in [-0.2, -0.15) is 0 Å². The van der Waals surface area contributed by atoms with E-state index < -0.39 is 22.5 Å². The highest BCUT2D eigenvalue weighted by atomic mass is 79.9. The number of amides is 2. The van der Waals surface area contributed by atoms with Gasteiger partial charge in [0.15, 0.2) is 11.5 Å². The van der Waals surface area contributed by atoms with E-state index in [1.165, 1.54) is 33.5 Å². The molecule has 0 aliphatic carbocycles. The van der Waals surface area contributed by atoms with Gasteiger partial charge in [0.05, 0.1) is 31.8 Å². The van der Waals surface area contributed by atoms with E-state index in [9.17, 15) is 14.0 Å². The molecule has 0 fully saturated rings. The minimum absolute atomic E-state index is 0.0890. The topological polar surface area (TPSA) is 85.9 Å². The molecular weight excluding hydrogens is 435 g/mol. The highest BCUT2D eigenvalue weighted by Gasteiger charge is 2.17. The Bertz CT molecular complexity index is 864. The summed E-state index contributed by atoms with van der Waals surface area (Å²) in [7, 11) is 4.39. The number of hydrogen-bond donors (Lipinski definition) is 2. The lowest BCUT2D eigenvalue weighted by Crippen LogP contribution is -2.21. The van der Waals surface area contributed by atoms with Crippen LogP contribution in [-0.2, 0) is 4.79 Å². The molecule has 2 amide bonds. The molecule has 2 rings (SSSR count). The number of carbonyl (C=O) groups is 2. The fourth-order valence-corrected chi connectivity index (χ4v) is 2.47. The lowest BCUT2D eigenvalue weighted by molar-refractivity contribution is -0.115. The highest BCUT2D eigenvalue weighted by Crippen LogP contribution is 2.40. The minimum atomic E-state index is -0.647. The maximum Gasteiger partial charge on any atom is 0.255 e. The number of ether oxygens (including phenoxy) is 3. The van der Waals surface area contributed by atoms with Crippen molar-refractivity contribution in [3.63, 3.8) is 0 Å². The molecule has 2 N–H and O–H groups in total. The summed E-state index contributed by atoms with van der Waals surface area (Å²) >= 11 is 3.10. The summed E-state index contributed by atoms with van der Waals surface area (Å²) in [5.41, 5.74) is 0.463. The number of alkyl halides is 1. The molecule has 9 heteroatoms. The number of anilines is 2. The molecule has 0 spiro atoms. The van der Waals surface area contributed by atoms with Crippen LogP contribution in [0, 0.1) is 5.82 Å². The summed E-state index contributed by atoms with van der Waals surface area (Å²) in [5, 5.41) is 5.11. The van der Waals surface area contributed by atoms with E-state index in [4.69, 9.17) is 14.2 Å². The largest absolute Gasteiger partial charge is 0.493 e. The van der Waals surface area contributed by atoms with E-state index in [-0.39, 0.29) is 11.3 Å². The molecule has 0 saturated carbocycles. The minimum Gasteiger partial charge on any atom is -0.493 e.